The van der Waals surface area contributed by atoms with Crippen molar-refractivity contribution in [2.75, 3.05) is 20.2 Å². The highest BCUT2D eigenvalue weighted by Gasteiger charge is 2.15. The molecule has 2 amide bonds. The monoisotopic (exact) mass is 372 g/mol. The Bertz CT molecular complexity index is 834. The highest BCUT2D eigenvalue weighted by Crippen LogP contribution is 2.25. The van der Waals surface area contributed by atoms with Crippen LogP contribution in [0.2, 0.25) is 0 Å². The molecule has 0 saturated heterocycles. The lowest BCUT2D eigenvalue weighted by Crippen LogP contribution is -2.33. The lowest BCUT2D eigenvalue weighted by Gasteiger charge is -2.14. The molecule has 144 valence electrons. The van der Waals surface area contributed by atoms with Crippen molar-refractivity contribution < 1.29 is 24.2 Å². The minimum absolute atomic E-state index is 0.0837. The predicted molar refractivity (Wildman–Crippen MR) is 102 cm³/mol. The van der Waals surface area contributed by atoms with Crippen molar-refractivity contribution in [2.45, 2.75) is 25.7 Å². The van der Waals surface area contributed by atoms with Gasteiger partial charge in [-0.15, -0.1) is 0 Å². The number of amides is 2. The maximum Gasteiger partial charge on any atom is 0.305 e. The number of fused-ring (bicyclic) bond motifs is 1. The summed E-state index contributed by atoms with van der Waals surface area (Å²) in [6.07, 6.45) is -0.0153. The van der Waals surface area contributed by atoms with Gasteiger partial charge >= 0.3 is 5.97 Å². The van der Waals surface area contributed by atoms with E-state index in [1.807, 2.05) is 43.3 Å². The second kappa shape index (κ2) is 9.56. The molecule has 2 aromatic carbocycles. The molecule has 2 aromatic rings. The Hall–Kier alpha value is -3.09. The van der Waals surface area contributed by atoms with Crippen molar-refractivity contribution in [2.24, 2.45) is 0 Å². The van der Waals surface area contributed by atoms with Crippen LogP contribution < -0.4 is 15.4 Å². The molecule has 0 aliphatic rings. The van der Waals surface area contributed by atoms with E-state index < -0.39 is 5.97 Å². The highest BCUT2D eigenvalue weighted by molar-refractivity contribution is 5.88. The van der Waals surface area contributed by atoms with Crippen LogP contribution in [0.15, 0.2) is 36.4 Å². The lowest BCUT2D eigenvalue weighted by molar-refractivity contribution is -0.137. The molecular weight excluding hydrogens is 348 g/mol. The van der Waals surface area contributed by atoms with Crippen molar-refractivity contribution in [3.63, 3.8) is 0 Å². The van der Waals surface area contributed by atoms with Gasteiger partial charge in [0.25, 0.3) is 0 Å². The molecule has 7 nitrogen and oxygen atoms in total. The normalized spacial score (nSPS) is 11.6. The fourth-order valence-electron chi connectivity index (χ4n) is 2.64. The molecule has 0 saturated carbocycles. The molecular formula is C20H24N2O5. The van der Waals surface area contributed by atoms with Crippen molar-refractivity contribution in [3.05, 3.63) is 42.0 Å². The van der Waals surface area contributed by atoms with Gasteiger partial charge in [0, 0.05) is 19.5 Å². The van der Waals surface area contributed by atoms with Gasteiger partial charge in [0.2, 0.25) is 11.8 Å². The number of carbonyl (C=O) groups is 3. The second-order valence-electron chi connectivity index (χ2n) is 6.23. The summed E-state index contributed by atoms with van der Waals surface area (Å²) in [5, 5.41) is 15.8. The molecule has 0 aromatic heterocycles. The standard InChI is InChI=1S/C20H24N2O5/c1-13(20(26)22-9-7-18(23)21-10-8-19(24)25)14-3-4-16-12-17(27-2)6-5-15(16)11-14/h3-6,11-13H,7-10H2,1-2H3,(H,21,23)(H,22,26)(H,24,25)/t13-/m0/s1. The summed E-state index contributed by atoms with van der Waals surface area (Å²) in [7, 11) is 1.62. The Morgan fingerprint density at radius 3 is 2.37 bits per heavy atom. The van der Waals surface area contributed by atoms with Crippen molar-refractivity contribution in [1.82, 2.24) is 10.6 Å². The van der Waals surface area contributed by atoms with Crippen molar-refractivity contribution in [1.29, 1.82) is 0 Å². The van der Waals surface area contributed by atoms with E-state index in [-0.39, 0.29) is 43.7 Å². The quantitative estimate of drug-likeness (QED) is 0.625. The van der Waals surface area contributed by atoms with Crippen LogP contribution in [0.4, 0.5) is 0 Å². The lowest BCUT2D eigenvalue weighted by atomic mass is 9.97. The van der Waals surface area contributed by atoms with Crippen LogP contribution in [0.5, 0.6) is 5.75 Å². The first-order valence-electron chi connectivity index (χ1n) is 8.74. The number of nitrogens with one attached hydrogen (secondary N) is 2. The van der Waals surface area contributed by atoms with Crippen LogP contribution >= 0.6 is 0 Å². The number of methoxy groups -OCH3 is 1. The molecule has 0 radical (unpaired) electrons. The van der Waals surface area contributed by atoms with E-state index in [0.29, 0.717) is 0 Å². The molecule has 0 heterocycles. The third kappa shape index (κ3) is 5.99. The first kappa shape index (κ1) is 20.2. The summed E-state index contributed by atoms with van der Waals surface area (Å²) in [5.41, 5.74) is 0.885. The smallest absolute Gasteiger partial charge is 0.305 e. The highest BCUT2D eigenvalue weighted by atomic mass is 16.5. The van der Waals surface area contributed by atoms with Crippen LogP contribution in [-0.2, 0) is 14.4 Å². The molecule has 0 aliphatic heterocycles. The molecule has 27 heavy (non-hydrogen) atoms. The summed E-state index contributed by atoms with van der Waals surface area (Å²) in [5.74, 6) is -0.995. The molecule has 0 aliphatic carbocycles. The zero-order valence-electron chi connectivity index (χ0n) is 15.5. The van der Waals surface area contributed by atoms with E-state index in [9.17, 15) is 14.4 Å². The third-order valence-electron chi connectivity index (χ3n) is 4.28. The van der Waals surface area contributed by atoms with Crippen LogP contribution in [0.3, 0.4) is 0 Å². The van der Waals surface area contributed by atoms with Gasteiger partial charge in [0.1, 0.15) is 5.75 Å². The fraction of sp³-hybridized carbons (Fsp3) is 0.350. The van der Waals surface area contributed by atoms with E-state index in [2.05, 4.69) is 10.6 Å². The third-order valence-corrected chi connectivity index (χ3v) is 4.28. The van der Waals surface area contributed by atoms with Gasteiger partial charge in [-0.3, -0.25) is 14.4 Å². The van der Waals surface area contributed by atoms with Gasteiger partial charge in [0.05, 0.1) is 19.4 Å². The number of carboxylic acids is 1. The van der Waals surface area contributed by atoms with Crippen molar-refractivity contribution in [3.8, 4) is 5.75 Å². The first-order valence-corrected chi connectivity index (χ1v) is 8.74. The average Bonchev–Trinajstić information content (AvgIpc) is 2.66. The van der Waals surface area contributed by atoms with Crippen LogP contribution in [-0.4, -0.2) is 43.1 Å². The zero-order chi connectivity index (χ0) is 19.8. The minimum Gasteiger partial charge on any atom is -0.497 e. The van der Waals surface area contributed by atoms with Crippen LogP contribution in [0.25, 0.3) is 10.8 Å². The van der Waals surface area contributed by atoms with Gasteiger partial charge in [-0.1, -0.05) is 24.3 Å². The predicted octanol–water partition coefficient (Wildman–Crippen LogP) is 2.05. The second-order valence-corrected chi connectivity index (χ2v) is 6.23. The van der Waals surface area contributed by atoms with Crippen LogP contribution in [0.1, 0.15) is 31.2 Å². The van der Waals surface area contributed by atoms with Gasteiger partial charge in [-0.25, -0.2) is 0 Å². The van der Waals surface area contributed by atoms with Crippen molar-refractivity contribution >= 4 is 28.6 Å². The summed E-state index contributed by atoms with van der Waals surface area (Å²) in [6.45, 7) is 2.10. The maximum absolute atomic E-state index is 12.3. The molecule has 1 atom stereocenters. The Morgan fingerprint density at radius 1 is 1.00 bits per heavy atom. The summed E-state index contributed by atoms with van der Waals surface area (Å²) < 4.78 is 5.21. The number of hydrogen-bond acceptors (Lipinski definition) is 4. The van der Waals surface area contributed by atoms with E-state index in [0.717, 1.165) is 22.1 Å². The number of rotatable bonds is 9. The van der Waals surface area contributed by atoms with E-state index in [1.54, 1.807) is 7.11 Å². The number of carboxylic acid groups (broad SMARTS) is 1. The number of benzene rings is 2. The molecule has 7 heteroatoms. The minimum atomic E-state index is -0.966. The summed E-state index contributed by atoms with van der Waals surface area (Å²) in [6, 6.07) is 11.6. The van der Waals surface area contributed by atoms with Gasteiger partial charge in [0.15, 0.2) is 0 Å². The van der Waals surface area contributed by atoms with E-state index in [4.69, 9.17) is 9.84 Å². The van der Waals surface area contributed by atoms with Gasteiger partial charge in [-0.2, -0.15) is 0 Å². The molecule has 2 rings (SSSR count). The van der Waals surface area contributed by atoms with Gasteiger partial charge < -0.3 is 20.5 Å². The maximum atomic E-state index is 12.3. The number of aliphatic carboxylic acids is 1. The zero-order valence-corrected chi connectivity index (χ0v) is 15.5. The SMILES string of the molecule is COc1ccc2cc([C@H](C)C(=O)NCCC(=O)NCCC(=O)O)ccc2c1. The molecule has 0 spiro atoms. The summed E-state index contributed by atoms with van der Waals surface area (Å²) in [4.78, 5) is 34.3. The molecule has 0 unspecified atom stereocenters. The average molecular weight is 372 g/mol. The molecule has 0 bridgehead atoms. The Balaban J connectivity index is 1.86. The Morgan fingerprint density at radius 2 is 1.67 bits per heavy atom. The molecule has 0 fully saturated rings. The van der Waals surface area contributed by atoms with E-state index in [1.165, 1.54) is 0 Å². The fourth-order valence-corrected chi connectivity index (χ4v) is 2.64. The number of hydrogen-bond donors (Lipinski definition) is 3. The first-order chi connectivity index (χ1) is 12.9. The number of carbonyl (C=O) groups excluding carboxylic acids is 2. The Labute approximate surface area is 157 Å². The Kier molecular flexibility index (Phi) is 7.16. The largest absolute Gasteiger partial charge is 0.497 e. The summed E-state index contributed by atoms with van der Waals surface area (Å²) >= 11 is 0. The molecule has 3 N–H and O–H groups in total. The topological polar surface area (TPSA) is 105 Å². The number of ether oxygens (including phenoxy) is 1. The van der Waals surface area contributed by atoms with Crippen LogP contribution in [0, 0.1) is 0 Å². The van der Waals surface area contributed by atoms with Gasteiger partial charge in [-0.05, 0) is 35.4 Å². The van der Waals surface area contributed by atoms with E-state index >= 15 is 0 Å².